The molecule has 1 aliphatic rings. The molecular formula is C19H24N4O2S2. The Kier molecular flexibility index (Phi) is 7.11. The first-order chi connectivity index (χ1) is 13.2. The molecule has 0 bridgehead atoms. The van der Waals surface area contributed by atoms with Gasteiger partial charge in [0.2, 0.25) is 11.0 Å². The molecule has 1 N–H and O–H groups in total. The van der Waals surface area contributed by atoms with Crippen LogP contribution in [-0.2, 0) is 4.79 Å². The quantitative estimate of drug-likeness (QED) is 0.644. The Bertz CT molecular complexity index is 807. The molecule has 3 rings (SSSR count). The molecule has 0 unspecified atom stereocenters. The molecule has 0 aliphatic heterocycles. The van der Waals surface area contributed by atoms with Crippen molar-refractivity contribution in [2.24, 2.45) is 0 Å². The number of hydrogen-bond donors (Lipinski definition) is 1. The highest BCUT2D eigenvalue weighted by Crippen LogP contribution is 2.31. The molecular weight excluding hydrogens is 380 g/mol. The van der Waals surface area contributed by atoms with E-state index in [0.29, 0.717) is 17.4 Å². The van der Waals surface area contributed by atoms with Gasteiger partial charge in [-0.2, -0.15) is 0 Å². The van der Waals surface area contributed by atoms with Gasteiger partial charge in [0, 0.05) is 12.2 Å². The summed E-state index contributed by atoms with van der Waals surface area (Å²) in [5, 5.41) is 12.2. The number of nitrogens with zero attached hydrogens (tertiary/aromatic N) is 3. The number of anilines is 2. The molecule has 0 radical (unpaired) electrons. The minimum atomic E-state index is 0.130. The summed E-state index contributed by atoms with van der Waals surface area (Å²) in [5.74, 6) is 1.25. The summed E-state index contributed by atoms with van der Waals surface area (Å²) < 4.78 is 6.11. The van der Waals surface area contributed by atoms with Crippen molar-refractivity contribution in [2.45, 2.75) is 36.9 Å². The fraction of sp³-hybridized carbons (Fsp3) is 0.421. The predicted molar refractivity (Wildman–Crippen MR) is 111 cm³/mol. The number of ether oxygens (including phenoxy) is 1. The third-order valence-electron chi connectivity index (χ3n) is 4.31. The van der Waals surface area contributed by atoms with Crippen LogP contribution >= 0.6 is 23.1 Å². The number of thioether (sulfide) groups is 1. The van der Waals surface area contributed by atoms with Crippen LogP contribution in [0.5, 0.6) is 5.75 Å². The van der Waals surface area contributed by atoms with Gasteiger partial charge in [0.1, 0.15) is 5.75 Å². The van der Waals surface area contributed by atoms with Crippen LogP contribution in [0.2, 0.25) is 0 Å². The average molecular weight is 405 g/mol. The van der Waals surface area contributed by atoms with Crippen molar-refractivity contribution in [3.8, 4) is 5.75 Å². The molecule has 0 spiro atoms. The molecule has 0 saturated heterocycles. The Balaban J connectivity index is 1.57. The normalized spacial score (nSPS) is 13.8. The van der Waals surface area contributed by atoms with Crippen molar-refractivity contribution in [3.05, 3.63) is 36.0 Å². The second-order valence-corrected chi connectivity index (χ2v) is 8.27. The SMILES string of the molecule is CCN(C(=O)CSc1nnc(Nc2ccccc2OC)s1)C1=CCCCC1. The van der Waals surface area contributed by atoms with Crippen LogP contribution in [0.1, 0.15) is 32.6 Å². The number of allylic oxidation sites excluding steroid dienone is 2. The van der Waals surface area contributed by atoms with Gasteiger partial charge in [0.25, 0.3) is 0 Å². The Morgan fingerprint density at radius 1 is 1.33 bits per heavy atom. The summed E-state index contributed by atoms with van der Waals surface area (Å²) in [5.41, 5.74) is 2.01. The number of methoxy groups -OCH3 is 1. The minimum Gasteiger partial charge on any atom is -0.495 e. The number of rotatable bonds is 8. The lowest BCUT2D eigenvalue weighted by atomic mass is 10.0. The highest BCUT2D eigenvalue weighted by Gasteiger charge is 2.19. The van der Waals surface area contributed by atoms with E-state index in [1.807, 2.05) is 36.1 Å². The van der Waals surface area contributed by atoms with Gasteiger partial charge >= 0.3 is 0 Å². The molecule has 1 aromatic carbocycles. The lowest BCUT2D eigenvalue weighted by Crippen LogP contribution is -2.32. The molecule has 6 nitrogen and oxygen atoms in total. The molecule has 0 fully saturated rings. The summed E-state index contributed by atoms with van der Waals surface area (Å²) >= 11 is 2.87. The van der Waals surface area contributed by atoms with E-state index in [-0.39, 0.29) is 5.91 Å². The topological polar surface area (TPSA) is 67.4 Å². The van der Waals surface area contributed by atoms with E-state index in [4.69, 9.17) is 4.74 Å². The van der Waals surface area contributed by atoms with Gasteiger partial charge in [-0.25, -0.2) is 0 Å². The van der Waals surface area contributed by atoms with E-state index in [9.17, 15) is 4.79 Å². The minimum absolute atomic E-state index is 0.130. The Hall–Kier alpha value is -2.06. The van der Waals surface area contributed by atoms with E-state index in [1.54, 1.807) is 7.11 Å². The third-order valence-corrected chi connectivity index (χ3v) is 6.26. The van der Waals surface area contributed by atoms with Gasteiger partial charge in [0.05, 0.1) is 18.6 Å². The van der Waals surface area contributed by atoms with Crippen LogP contribution in [0.4, 0.5) is 10.8 Å². The number of carbonyl (C=O) groups is 1. The van der Waals surface area contributed by atoms with Gasteiger partial charge in [0.15, 0.2) is 4.34 Å². The van der Waals surface area contributed by atoms with Gasteiger partial charge in [-0.3, -0.25) is 4.79 Å². The Labute approximate surface area is 168 Å². The maximum Gasteiger partial charge on any atom is 0.237 e. The maximum atomic E-state index is 12.6. The predicted octanol–water partition coefficient (Wildman–Crippen LogP) is 4.69. The number of benzene rings is 1. The van der Waals surface area contributed by atoms with E-state index in [0.717, 1.165) is 35.0 Å². The van der Waals surface area contributed by atoms with Crippen LogP contribution in [0.15, 0.2) is 40.4 Å². The van der Waals surface area contributed by atoms with Gasteiger partial charge in [-0.05, 0) is 44.7 Å². The molecule has 8 heteroatoms. The summed E-state index contributed by atoms with van der Waals surface area (Å²) in [7, 11) is 1.63. The van der Waals surface area contributed by atoms with Crippen LogP contribution in [-0.4, -0.2) is 40.4 Å². The molecule has 1 amide bonds. The average Bonchev–Trinajstić information content (AvgIpc) is 3.15. The third kappa shape index (κ3) is 5.23. The van der Waals surface area contributed by atoms with Crippen LogP contribution in [0.3, 0.4) is 0 Å². The first-order valence-electron chi connectivity index (χ1n) is 9.07. The number of hydrogen-bond acceptors (Lipinski definition) is 7. The highest BCUT2D eigenvalue weighted by molar-refractivity contribution is 8.01. The summed E-state index contributed by atoms with van der Waals surface area (Å²) in [6.07, 6.45) is 6.65. The summed E-state index contributed by atoms with van der Waals surface area (Å²) in [4.78, 5) is 14.5. The van der Waals surface area contributed by atoms with E-state index in [2.05, 4.69) is 21.6 Å². The van der Waals surface area contributed by atoms with Crippen LogP contribution in [0, 0.1) is 0 Å². The lowest BCUT2D eigenvalue weighted by molar-refractivity contribution is -0.126. The molecule has 144 valence electrons. The van der Waals surface area contributed by atoms with Gasteiger partial charge in [-0.1, -0.05) is 41.3 Å². The van der Waals surface area contributed by atoms with Crippen molar-refractivity contribution in [1.29, 1.82) is 0 Å². The number of aromatic nitrogens is 2. The molecule has 1 aromatic heterocycles. The smallest absolute Gasteiger partial charge is 0.237 e. The zero-order valence-electron chi connectivity index (χ0n) is 15.6. The van der Waals surface area contributed by atoms with Crippen LogP contribution in [0.25, 0.3) is 0 Å². The van der Waals surface area contributed by atoms with Crippen molar-refractivity contribution in [2.75, 3.05) is 24.7 Å². The molecule has 1 aliphatic carbocycles. The van der Waals surface area contributed by atoms with E-state index in [1.165, 1.54) is 35.2 Å². The zero-order chi connectivity index (χ0) is 19.1. The molecule has 2 aromatic rings. The fourth-order valence-corrected chi connectivity index (χ4v) is 4.63. The van der Waals surface area contributed by atoms with Crippen LogP contribution < -0.4 is 10.1 Å². The van der Waals surface area contributed by atoms with Gasteiger partial charge in [-0.15, -0.1) is 10.2 Å². The number of amides is 1. The van der Waals surface area contributed by atoms with E-state index < -0.39 is 0 Å². The molecule has 0 atom stereocenters. The van der Waals surface area contributed by atoms with Crippen molar-refractivity contribution in [3.63, 3.8) is 0 Å². The number of carbonyl (C=O) groups excluding carboxylic acids is 1. The second-order valence-electron chi connectivity index (χ2n) is 6.07. The molecule has 27 heavy (non-hydrogen) atoms. The highest BCUT2D eigenvalue weighted by atomic mass is 32.2. The lowest BCUT2D eigenvalue weighted by Gasteiger charge is -2.26. The molecule has 0 saturated carbocycles. The Morgan fingerprint density at radius 2 is 2.19 bits per heavy atom. The van der Waals surface area contributed by atoms with Crippen molar-refractivity contribution >= 4 is 39.8 Å². The Morgan fingerprint density at radius 3 is 2.93 bits per heavy atom. The van der Waals surface area contributed by atoms with E-state index >= 15 is 0 Å². The van der Waals surface area contributed by atoms with Gasteiger partial charge < -0.3 is 15.0 Å². The second kappa shape index (κ2) is 9.75. The number of para-hydroxylation sites is 2. The monoisotopic (exact) mass is 404 g/mol. The first-order valence-corrected chi connectivity index (χ1v) is 10.9. The first kappa shape index (κ1) is 19.7. The largest absolute Gasteiger partial charge is 0.495 e. The number of nitrogens with one attached hydrogen (secondary N) is 1. The summed E-state index contributed by atoms with van der Waals surface area (Å²) in [6.45, 7) is 2.74. The summed E-state index contributed by atoms with van der Waals surface area (Å²) in [6, 6.07) is 7.66. The zero-order valence-corrected chi connectivity index (χ0v) is 17.2. The standard InChI is InChI=1S/C19H24N4O2S2/c1-3-23(14-9-5-4-6-10-14)17(24)13-26-19-22-21-18(27-19)20-15-11-7-8-12-16(15)25-2/h7-9,11-12H,3-6,10,13H2,1-2H3,(H,20,21). The van der Waals surface area contributed by atoms with Crippen molar-refractivity contribution < 1.29 is 9.53 Å². The molecule has 1 heterocycles. The maximum absolute atomic E-state index is 12.6. The fourth-order valence-electron chi connectivity index (χ4n) is 2.99. The van der Waals surface area contributed by atoms with Crippen molar-refractivity contribution in [1.82, 2.24) is 15.1 Å².